The monoisotopic (exact) mass is 478 g/mol. The molecule has 1 aliphatic carbocycles. The summed E-state index contributed by atoms with van der Waals surface area (Å²) in [6.45, 7) is 6.72. The number of benzene rings is 1. The number of hydrogen-bond acceptors (Lipinski definition) is 5. The smallest absolute Gasteiger partial charge is 0.265 e. The summed E-state index contributed by atoms with van der Waals surface area (Å²) in [5.41, 5.74) is -1.08. The van der Waals surface area contributed by atoms with Crippen molar-refractivity contribution in [2.24, 2.45) is 11.8 Å². The Morgan fingerprint density at radius 2 is 1.94 bits per heavy atom. The number of aliphatic hydroxyl groups is 1. The van der Waals surface area contributed by atoms with Gasteiger partial charge in [-0.3, -0.25) is 19.9 Å². The zero-order valence-electron chi connectivity index (χ0n) is 19.8. The summed E-state index contributed by atoms with van der Waals surface area (Å²) in [5.74, 6) is -7.41. The minimum Gasteiger partial charge on any atom is -0.485 e. The molecule has 1 aromatic carbocycles. The molecule has 1 saturated carbocycles. The molecule has 4 N–H and O–H groups in total. The molecule has 4 atom stereocenters. The summed E-state index contributed by atoms with van der Waals surface area (Å²) >= 11 is 0. The topological polar surface area (TPSA) is 115 Å². The van der Waals surface area contributed by atoms with E-state index >= 15 is 0 Å². The first-order chi connectivity index (χ1) is 15.9. The number of hydrogen-bond donors (Lipinski definition) is 4. The Hall–Kier alpha value is -2.75. The first-order valence-corrected chi connectivity index (χ1v) is 11.7. The molecule has 34 heavy (non-hydrogen) atoms. The van der Waals surface area contributed by atoms with E-state index in [1.54, 1.807) is 38.1 Å². The largest absolute Gasteiger partial charge is 0.485 e. The lowest BCUT2D eigenvalue weighted by molar-refractivity contribution is -0.132. The molecule has 2 amide bonds. The average molecular weight is 479 g/mol. The van der Waals surface area contributed by atoms with Crippen molar-refractivity contribution in [3.8, 4) is 5.75 Å². The van der Waals surface area contributed by atoms with Crippen molar-refractivity contribution in [2.75, 3.05) is 6.54 Å². The maximum atomic E-state index is 14.7. The van der Waals surface area contributed by atoms with Gasteiger partial charge >= 0.3 is 0 Å². The zero-order valence-corrected chi connectivity index (χ0v) is 19.8. The lowest BCUT2D eigenvalue weighted by Crippen LogP contribution is -2.62. The number of aliphatic hydroxyl groups excluding tert-OH is 1. The second-order valence-corrected chi connectivity index (χ2v) is 10.1. The molecule has 8 nitrogen and oxygen atoms in total. The van der Waals surface area contributed by atoms with E-state index in [9.17, 15) is 23.5 Å². The fourth-order valence-electron chi connectivity index (χ4n) is 5.06. The Balaban J connectivity index is 1.48. The van der Waals surface area contributed by atoms with Gasteiger partial charge in [0.05, 0.1) is 18.4 Å². The Bertz CT molecular complexity index is 990. The second kappa shape index (κ2) is 8.18. The van der Waals surface area contributed by atoms with E-state index in [0.29, 0.717) is 24.2 Å². The molecule has 0 spiro atoms. The van der Waals surface area contributed by atoms with Crippen LogP contribution in [0.1, 0.15) is 58.6 Å². The van der Waals surface area contributed by atoms with Crippen LogP contribution in [0.15, 0.2) is 24.3 Å². The quantitative estimate of drug-likeness (QED) is 0.502. The van der Waals surface area contributed by atoms with Crippen LogP contribution in [0.2, 0.25) is 0 Å². The number of alkyl halides is 2. The van der Waals surface area contributed by atoms with Gasteiger partial charge in [-0.25, -0.2) is 8.78 Å². The summed E-state index contributed by atoms with van der Waals surface area (Å²) in [4.78, 5) is 26.7. The van der Waals surface area contributed by atoms with Crippen LogP contribution >= 0.6 is 0 Å². The number of amides is 2. The standard InChI is InChI=1S/C24H32F2N4O4/c1-5-23(6-2)11-16(31)30(21(27)29-23)12-14-17(24(14,25)26)20(33)28-18-13-9-7-8-10-15(13)34-22(3,4)19(18)32/h7-10,14,17-19,32H,5-6,11-12H2,1-4H3,(H2,27,29)(H,28,33)/t14-,17+,18-,19+/m1/s1. The van der Waals surface area contributed by atoms with Gasteiger partial charge in [0.25, 0.3) is 5.92 Å². The summed E-state index contributed by atoms with van der Waals surface area (Å²) < 4.78 is 35.3. The van der Waals surface area contributed by atoms with Crippen molar-refractivity contribution in [3.05, 3.63) is 29.8 Å². The molecule has 10 heteroatoms. The zero-order chi connectivity index (χ0) is 25.1. The van der Waals surface area contributed by atoms with Gasteiger partial charge in [-0.1, -0.05) is 32.0 Å². The minimum absolute atomic E-state index is 0.109. The molecule has 0 bridgehead atoms. The Kier molecular flexibility index (Phi) is 5.86. The predicted molar refractivity (Wildman–Crippen MR) is 120 cm³/mol. The SMILES string of the molecule is CCC1(CC)CC(=O)N(C[C@@H]2[C@@H](C(=O)N[C@@H]3c4ccccc4OC(C)(C)[C@H]3O)C2(F)F)C(=N)N1. The van der Waals surface area contributed by atoms with E-state index in [0.717, 1.165) is 4.90 Å². The summed E-state index contributed by atoms with van der Waals surface area (Å²) in [6, 6.07) is 5.92. The number of nitrogens with one attached hydrogen (secondary N) is 3. The lowest BCUT2D eigenvalue weighted by atomic mass is 9.86. The Labute approximate surface area is 197 Å². The van der Waals surface area contributed by atoms with E-state index in [-0.39, 0.29) is 12.4 Å². The van der Waals surface area contributed by atoms with Crippen LogP contribution in [0.3, 0.4) is 0 Å². The van der Waals surface area contributed by atoms with Crippen LogP contribution in [0.5, 0.6) is 5.75 Å². The highest BCUT2D eigenvalue weighted by Gasteiger charge is 2.72. The summed E-state index contributed by atoms with van der Waals surface area (Å²) in [7, 11) is 0. The molecule has 1 saturated heterocycles. The molecular weight excluding hydrogens is 446 g/mol. The van der Waals surface area contributed by atoms with E-state index in [4.69, 9.17) is 10.1 Å². The summed E-state index contributed by atoms with van der Waals surface area (Å²) in [6.07, 6.45) is 0.204. The predicted octanol–water partition coefficient (Wildman–Crippen LogP) is 2.57. The number of fused-ring (bicyclic) bond motifs is 1. The minimum atomic E-state index is -3.32. The first kappa shape index (κ1) is 24.4. The highest BCUT2D eigenvalue weighted by Crippen LogP contribution is 2.56. The number of halogens is 2. The molecule has 2 aliphatic heterocycles. The molecule has 0 unspecified atom stereocenters. The Morgan fingerprint density at radius 3 is 2.56 bits per heavy atom. The van der Waals surface area contributed by atoms with Gasteiger partial charge in [-0.2, -0.15) is 0 Å². The van der Waals surface area contributed by atoms with Gasteiger partial charge in [0.2, 0.25) is 11.8 Å². The third kappa shape index (κ3) is 3.91. The van der Waals surface area contributed by atoms with Gasteiger partial charge in [-0.15, -0.1) is 0 Å². The van der Waals surface area contributed by atoms with Gasteiger partial charge in [0, 0.05) is 17.6 Å². The van der Waals surface area contributed by atoms with Crippen molar-refractivity contribution in [3.63, 3.8) is 0 Å². The maximum absolute atomic E-state index is 14.7. The van der Waals surface area contributed by atoms with Crippen LogP contribution in [0.25, 0.3) is 0 Å². The van der Waals surface area contributed by atoms with Crippen LogP contribution in [0, 0.1) is 17.2 Å². The number of rotatable bonds is 6. The lowest BCUT2D eigenvalue weighted by Gasteiger charge is -2.42. The molecule has 1 aromatic rings. The van der Waals surface area contributed by atoms with E-state index < -0.39 is 59.4 Å². The van der Waals surface area contributed by atoms with Crippen LogP contribution in [-0.4, -0.2) is 57.5 Å². The second-order valence-electron chi connectivity index (χ2n) is 10.1. The van der Waals surface area contributed by atoms with Crippen molar-refractivity contribution < 1.29 is 28.2 Å². The molecular formula is C24H32F2N4O4. The van der Waals surface area contributed by atoms with Gasteiger partial charge < -0.3 is 20.5 Å². The number of para-hydroxylation sites is 1. The van der Waals surface area contributed by atoms with E-state index in [2.05, 4.69) is 10.6 Å². The van der Waals surface area contributed by atoms with Crippen LogP contribution in [0.4, 0.5) is 8.78 Å². The number of guanidine groups is 1. The normalized spacial score (nSPS) is 30.6. The maximum Gasteiger partial charge on any atom is 0.265 e. The average Bonchev–Trinajstić information content (AvgIpc) is 3.33. The molecule has 0 radical (unpaired) electrons. The molecule has 2 fully saturated rings. The summed E-state index contributed by atoms with van der Waals surface area (Å²) in [5, 5.41) is 24.6. The van der Waals surface area contributed by atoms with Crippen LogP contribution < -0.4 is 15.4 Å². The van der Waals surface area contributed by atoms with E-state index in [1.165, 1.54) is 0 Å². The molecule has 0 aromatic heterocycles. The van der Waals surface area contributed by atoms with Crippen molar-refractivity contribution in [1.29, 1.82) is 5.41 Å². The number of carbonyl (C=O) groups excluding carboxylic acids is 2. The fraction of sp³-hybridized carbons (Fsp3) is 0.625. The first-order valence-electron chi connectivity index (χ1n) is 11.7. The van der Waals surface area contributed by atoms with Gasteiger partial charge in [0.15, 0.2) is 5.96 Å². The van der Waals surface area contributed by atoms with Crippen molar-refractivity contribution in [2.45, 2.75) is 76.2 Å². The van der Waals surface area contributed by atoms with Crippen molar-refractivity contribution in [1.82, 2.24) is 15.5 Å². The highest BCUT2D eigenvalue weighted by atomic mass is 19.3. The fourth-order valence-corrected chi connectivity index (χ4v) is 5.06. The van der Waals surface area contributed by atoms with Crippen molar-refractivity contribution >= 4 is 17.8 Å². The number of nitrogens with zero attached hydrogens (tertiary/aromatic N) is 1. The number of carbonyl (C=O) groups is 2. The van der Waals surface area contributed by atoms with E-state index in [1.807, 2.05) is 13.8 Å². The van der Waals surface area contributed by atoms with Gasteiger partial charge in [-0.05, 0) is 32.8 Å². The number of ether oxygens (including phenoxy) is 1. The molecule has 2 heterocycles. The third-order valence-electron chi connectivity index (χ3n) is 7.61. The third-order valence-corrected chi connectivity index (χ3v) is 7.61. The van der Waals surface area contributed by atoms with Crippen LogP contribution in [-0.2, 0) is 9.59 Å². The Morgan fingerprint density at radius 1 is 1.29 bits per heavy atom. The molecule has 4 rings (SSSR count). The molecule has 3 aliphatic rings. The highest BCUT2D eigenvalue weighted by molar-refractivity contribution is 5.99. The van der Waals surface area contributed by atoms with Gasteiger partial charge in [0.1, 0.15) is 23.4 Å². The molecule has 186 valence electrons.